The van der Waals surface area contributed by atoms with Gasteiger partial charge in [0.2, 0.25) is 0 Å². The van der Waals surface area contributed by atoms with Gasteiger partial charge < -0.3 is 9.30 Å². The zero-order valence-corrected chi connectivity index (χ0v) is 10.3. The Labute approximate surface area is 105 Å². The Kier molecular flexibility index (Phi) is 3.28. The van der Waals surface area contributed by atoms with Crippen molar-refractivity contribution in [3.8, 4) is 6.07 Å². The number of nitriles is 1. The van der Waals surface area contributed by atoms with Crippen LogP contribution in [0.15, 0.2) is 24.3 Å². The molecule has 1 unspecified atom stereocenters. The minimum Gasteiger partial charge on any atom is -0.467 e. The van der Waals surface area contributed by atoms with Crippen molar-refractivity contribution in [3.63, 3.8) is 0 Å². The molecule has 0 aliphatic heterocycles. The number of carbonyl (C=O) groups is 1. The van der Waals surface area contributed by atoms with E-state index in [-0.39, 0.29) is 12.4 Å². The lowest BCUT2D eigenvalue weighted by Crippen LogP contribution is -2.19. The number of methoxy groups -OCH3 is 1. The van der Waals surface area contributed by atoms with Gasteiger partial charge in [-0.1, -0.05) is 12.1 Å². The van der Waals surface area contributed by atoms with Crippen molar-refractivity contribution in [1.82, 2.24) is 9.55 Å². The molecule has 1 atom stereocenters. The average molecular weight is 243 g/mol. The summed E-state index contributed by atoms with van der Waals surface area (Å²) < 4.78 is 6.50. The number of para-hydroxylation sites is 2. The predicted molar refractivity (Wildman–Crippen MR) is 65.8 cm³/mol. The number of fused-ring (bicyclic) bond motifs is 1. The number of ether oxygens (including phenoxy) is 1. The number of hydrogen-bond acceptors (Lipinski definition) is 4. The molecule has 2 rings (SSSR count). The SMILES string of the molecule is COC(=O)C(C)n1c(CC#N)nc2ccccc21. The number of aromatic nitrogens is 2. The van der Waals surface area contributed by atoms with Crippen LogP contribution in [0.4, 0.5) is 0 Å². The summed E-state index contributed by atoms with van der Waals surface area (Å²) in [5.74, 6) is 0.231. The van der Waals surface area contributed by atoms with Gasteiger partial charge in [0.15, 0.2) is 0 Å². The molecule has 92 valence electrons. The van der Waals surface area contributed by atoms with E-state index in [4.69, 9.17) is 10.00 Å². The van der Waals surface area contributed by atoms with E-state index in [1.54, 1.807) is 11.5 Å². The van der Waals surface area contributed by atoms with Crippen LogP contribution < -0.4 is 0 Å². The number of carbonyl (C=O) groups excluding carboxylic acids is 1. The molecular weight excluding hydrogens is 230 g/mol. The molecule has 0 spiro atoms. The van der Waals surface area contributed by atoms with Crippen LogP contribution in [0, 0.1) is 11.3 Å². The van der Waals surface area contributed by atoms with Crippen molar-refractivity contribution < 1.29 is 9.53 Å². The van der Waals surface area contributed by atoms with Crippen LogP contribution in [0.1, 0.15) is 18.8 Å². The van der Waals surface area contributed by atoms with Gasteiger partial charge in [-0.05, 0) is 19.1 Å². The van der Waals surface area contributed by atoms with E-state index in [9.17, 15) is 4.79 Å². The Morgan fingerprint density at radius 1 is 1.56 bits per heavy atom. The lowest BCUT2D eigenvalue weighted by atomic mass is 10.2. The minimum atomic E-state index is -0.495. The molecular formula is C13H13N3O2. The molecule has 0 aliphatic carbocycles. The molecule has 0 amide bonds. The standard InChI is InChI=1S/C13H13N3O2/c1-9(13(17)18-2)16-11-6-4-3-5-10(11)15-12(16)7-8-14/h3-6,9H,7H2,1-2H3. The van der Waals surface area contributed by atoms with Gasteiger partial charge in [0.05, 0.1) is 30.6 Å². The Hall–Kier alpha value is -2.35. The first kappa shape index (κ1) is 12.1. The molecule has 5 nitrogen and oxygen atoms in total. The number of rotatable bonds is 3. The highest BCUT2D eigenvalue weighted by molar-refractivity contribution is 5.81. The van der Waals surface area contributed by atoms with Gasteiger partial charge in [-0.15, -0.1) is 0 Å². The molecule has 0 aliphatic rings. The van der Waals surface area contributed by atoms with E-state index in [1.807, 2.05) is 24.3 Å². The molecule has 1 heterocycles. The Balaban J connectivity index is 2.62. The van der Waals surface area contributed by atoms with E-state index >= 15 is 0 Å². The van der Waals surface area contributed by atoms with Gasteiger partial charge in [-0.2, -0.15) is 5.26 Å². The number of hydrogen-bond donors (Lipinski definition) is 0. The smallest absolute Gasteiger partial charge is 0.328 e. The molecule has 0 N–H and O–H groups in total. The van der Waals surface area contributed by atoms with Gasteiger partial charge in [0.1, 0.15) is 11.9 Å². The summed E-state index contributed by atoms with van der Waals surface area (Å²) in [6.45, 7) is 1.74. The summed E-state index contributed by atoms with van der Waals surface area (Å²) in [5, 5.41) is 8.83. The quantitative estimate of drug-likeness (QED) is 0.771. The highest BCUT2D eigenvalue weighted by Gasteiger charge is 2.21. The third kappa shape index (κ3) is 1.93. The lowest BCUT2D eigenvalue weighted by molar-refractivity contribution is -0.143. The second-order valence-corrected chi connectivity index (χ2v) is 3.92. The summed E-state index contributed by atoms with van der Waals surface area (Å²) in [6, 6.07) is 9.05. The minimum absolute atomic E-state index is 0.163. The number of esters is 1. The summed E-state index contributed by atoms with van der Waals surface area (Å²) in [4.78, 5) is 16.0. The van der Waals surface area contributed by atoms with E-state index in [0.29, 0.717) is 5.82 Å². The summed E-state index contributed by atoms with van der Waals surface area (Å²) in [6.07, 6.45) is 0.163. The van der Waals surface area contributed by atoms with Crippen LogP contribution in [0.3, 0.4) is 0 Å². The van der Waals surface area contributed by atoms with Crippen molar-refractivity contribution >= 4 is 17.0 Å². The van der Waals surface area contributed by atoms with E-state index < -0.39 is 6.04 Å². The van der Waals surface area contributed by atoms with Crippen LogP contribution in [-0.4, -0.2) is 22.6 Å². The van der Waals surface area contributed by atoms with Crippen molar-refractivity contribution in [2.75, 3.05) is 7.11 Å². The molecule has 0 fully saturated rings. The largest absolute Gasteiger partial charge is 0.467 e. The van der Waals surface area contributed by atoms with Crippen LogP contribution in [0.2, 0.25) is 0 Å². The maximum absolute atomic E-state index is 11.7. The van der Waals surface area contributed by atoms with E-state index in [0.717, 1.165) is 11.0 Å². The van der Waals surface area contributed by atoms with Crippen molar-refractivity contribution in [3.05, 3.63) is 30.1 Å². The lowest BCUT2D eigenvalue weighted by Gasteiger charge is -2.14. The maximum Gasteiger partial charge on any atom is 0.328 e. The first-order valence-corrected chi connectivity index (χ1v) is 5.59. The van der Waals surface area contributed by atoms with Crippen molar-refractivity contribution in [2.24, 2.45) is 0 Å². The Bertz CT molecular complexity index is 625. The second kappa shape index (κ2) is 4.88. The molecule has 0 saturated heterocycles. The third-order valence-electron chi connectivity index (χ3n) is 2.84. The van der Waals surface area contributed by atoms with Gasteiger partial charge >= 0.3 is 5.97 Å². The molecule has 18 heavy (non-hydrogen) atoms. The zero-order chi connectivity index (χ0) is 13.1. The molecule has 0 bridgehead atoms. The normalized spacial score (nSPS) is 12.1. The zero-order valence-electron chi connectivity index (χ0n) is 10.3. The highest BCUT2D eigenvalue weighted by atomic mass is 16.5. The van der Waals surface area contributed by atoms with Crippen molar-refractivity contribution in [2.45, 2.75) is 19.4 Å². The van der Waals surface area contributed by atoms with Crippen molar-refractivity contribution in [1.29, 1.82) is 5.26 Å². The Morgan fingerprint density at radius 3 is 2.94 bits per heavy atom. The van der Waals surface area contributed by atoms with Gasteiger partial charge in [0, 0.05) is 0 Å². The van der Waals surface area contributed by atoms with Crippen LogP contribution in [0.5, 0.6) is 0 Å². The van der Waals surface area contributed by atoms with Gasteiger partial charge in [0.25, 0.3) is 0 Å². The van der Waals surface area contributed by atoms with E-state index in [2.05, 4.69) is 11.1 Å². The fourth-order valence-electron chi connectivity index (χ4n) is 2.00. The molecule has 0 radical (unpaired) electrons. The first-order chi connectivity index (χ1) is 8.69. The number of benzene rings is 1. The number of imidazole rings is 1. The van der Waals surface area contributed by atoms with Gasteiger partial charge in [-0.3, -0.25) is 0 Å². The van der Waals surface area contributed by atoms with Crippen LogP contribution in [-0.2, 0) is 16.0 Å². The number of nitrogens with zero attached hydrogens (tertiary/aromatic N) is 3. The monoisotopic (exact) mass is 243 g/mol. The third-order valence-corrected chi connectivity index (χ3v) is 2.84. The van der Waals surface area contributed by atoms with Crippen LogP contribution in [0.25, 0.3) is 11.0 Å². The highest BCUT2D eigenvalue weighted by Crippen LogP contribution is 2.22. The molecule has 1 aromatic carbocycles. The molecule has 0 saturated carbocycles. The maximum atomic E-state index is 11.7. The topological polar surface area (TPSA) is 67.9 Å². The van der Waals surface area contributed by atoms with E-state index in [1.165, 1.54) is 7.11 Å². The second-order valence-electron chi connectivity index (χ2n) is 3.92. The summed E-state index contributed by atoms with van der Waals surface area (Å²) in [7, 11) is 1.35. The van der Waals surface area contributed by atoms with Crippen LogP contribution >= 0.6 is 0 Å². The summed E-state index contributed by atoms with van der Waals surface area (Å²) in [5.41, 5.74) is 1.61. The molecule has 2 aromatic rings. The first-order valence-electron chi connectivity index (χ1n) is 5.59. The average Bonchev–Trinajstić information content (AvgIpc) is 2.75. The molecule has 1 aromatic heterocycles. The fraction of sp³-hybridized carbons (Fsp3) is 0.308. The summed E-state index contributed by atoms with van der Waals surface area (Å²) >= 11 is 0. The Morgan fingerprint density at radius 2 is 2.28 bits per heavy atom. The predicted octanol–water partition coefficient (Wildman–Crippen LogP) is 1.84. The fourth-order valence-corrected chi connectivity index (χ4v) is 2.00. The molecule has 5 heteroatoms. The van der Waals surface area contributed by atoms with Gasteiger partial charge in [-0.25, -0.2) is 9.78 Å².